The zero-order valence-corrected chi connectivity index (χ0v) is 11.5. The van der Waals surface area contributed by atoms with E-state index in [4.69, 9.17) is 16.7 Å². The van der Waals surface area contributed by atoms with Crippen LogP contribution in [0.15, 0.2) is 18.2 Å². The van der Waals surface area contributed by atoms with Crippen molar-refractivity contribution in [1.82, 2.24) is 0 Å². The van der Waals surface area contributed by atoms with Gasteiger partial charge in [-0.1, -0.05) is 11.6 Å². The van der Waals surface area contributed by atoms with E-state index in [-0.39, 0.29) is 11.7 Å². The van der Waals surface area contributed by atoms with E-state index in [9.17, 15) is 9.59 Å². The molecule has 0 aromatic heterocycles. The highest BCUT2D eigenvalue weighted by molar-refractivity contribution is 6.31. The van der Waals surface area contributed by atoms with Gasteiger partial charge in [0.25, 0.3) is 0 Å². The number of ketones is 1. The van der Waals surface area contributed by atoms with Gasteiger partial charge in [-0.3, -0.25) is 9.59 Å². The molecular formula is C14H16ClNO3. The van der Waals surface area contributed by atoms with Crippen molar-refractivity contribution in [2.45, 2.75) is 19.8 Å². The van der Waals surface area contributed by atoms with Gasteiger partial charge in [0, 0.05) is 29.4 Å². The minimum Gasteiger partial charge on any atom is -0.481 e. The number of rotatable bonds is 3. The summed E-state index contributed by atoms with van der Waals surface area (Å²) in [5.41, 5.74) is 1.38. The first kappa shape index (κ1) is 13.9. The van der Waals surface area contributed by atoms with Gasteiger partial charge < -0.3 is 10.0 Å². The van der Waals surface area contributed by atoms with Crippen LogP contribution in [0.1, 0.15) is 30.1 Å². The number of halogens is 1. The van der Waals surface area contributed by atoms with Crippen LogP contribution < -0.4 is 4.90 Å². The zero-order chi connectivity index (χ0) is 14.0. The average Bonchev–Trinajstić information content (AvgIpc) is 2.38. The maximum atomic E-state index is 11.4. The van der Waals surface area contributed by atoms with Crippen LogP contribution in [0, 0.1) is 5.92 Å². The van der Waals surface area contributed by atoms with Gasteiger partial charge in [-0.25, -0.2) is 0 Å². The maximum Gasteiger partial charge on any atom is 0.308 e. The summed E-state index contributed by atoms with van der Waals surface area (Å²) in [6.45, 7) is 2.75. The van der Waals surface area contributed by atoms with Crippen LogP contribution >= 0.6 is 11.6 Å². The highest BCUT2D eigenvalue weighted by atomic mass is 35.5. The predicted octanol–water partition coefficient (Wildman–Crippen LogP) is 2.84. The van der Waals surface area contributed by atoms with Crippen LogP contribution in [0.2, 0.25) is 5.02 Å². The van der Waals surface area contributed by atoms with Crippen LogP contribution in [0.25, 0.3) is 0 Å². The summed E-state index contributed by atoms with van der Waals surface area (Å²) in [6.07, 6.45) is 1.53. The SMILES string of the molecule is CC(=O)c1cc(Cl)cc(N2CCCC(C(=O)O)C2)c1. The minimum atomic E-state index is -0.765. The first-order chi connectivity index (χ1) is 8.97. The van der Waals surface area contributed by atoms with Crippen molar-refractivity contribution < 1.29 is 14.7 Å². The lowest BCUT2D eigenvalue weighted by molar-refractivity contribution is -0.141. The van der Waals surface area contributed by atoms with Crippen LogP contribution in [-0.2, 0) is 4.79 Å². The number of anilines is 1. The second-order valence-corrected chi connectivity index (χ2v) is 5.31. The van der Waals surface area contributed by atoms with E-state index in [0.29, 0.717) is 23.6 Å². The molecule has 1 aromatic rings. The highest BCUT2D eigenvalue weighted by Gasteiger charge is 2.25. The third kappa shape index (κ3) is 3.26. The number of carboxylic acids is 1. The normalized spacial score (nSPS) is 19.3. The molecule has 2 rings (SSSR count). The molecule has 0 saturated carbocycles. The Morgan fingerprint density at radius 1 is 1.37 bits per heavy atom. The summed E-state index contributed by atoms with van der Waals surface area (Å²) in [4.78, 5) is 24.5. The number of benzene rings is 1. The molecule has 1 aromatic carbocycles. The molecule has 0 aliphatic carbocycles. The molecule has 0 spiro atoms. The van der Waals surface area contributed by atoms with Crippen LogP contribution in [0.5, 0.6) is 0 Å². The zero-order valence-electron chi connectivity index (χ0n) is 10.7. The van der Waals surface area contributed by atoms with E-state index in [1.54, 1.807) is 18.2 Å². The number of Topliss-reactive ketones (excluding diaryl/α,β-unsaturated/α-hetero) is 1. The second kappa shape index (κ2) is 5.61. The summed E-state index contributed by atoms with van der Waals surface area (Å²) in [6, 6.07) is 5.18. The van der Waals surface area contributed by atoms with Crippen LogP contribution in [0.4, 0.5) is 5.69 Å². The van der Waals surface area contributed by atoms with E-state index in [0.717, 1.165) is 18.7 Å². The topological polar surface area (TPSA) is 57.6 Å². The first-order valence-corrected chi connectivity index (χ1v) is 6.64. The van der Waals surface area contributed by atoms with E-state index in [1.165, 1.54) is 6.92 Å². The minimum absolute atomic E-state index is 0.0458. The van der Waals surface area contributed by atoms with E-state index in [2.05, 4.69) is 0 Å². The fourth-order valence-corrected chi connectivity index (χ4v) is 2.60. The molecule has 1 atom stereocenters. The number of carbonyl (C=O) groups excluding carboxylic acids is 1. The van der Waals surface area contributed by atoms with E-state index < -0.39 is 5.97 Å². The summed E-state index contributed by atoms with van der Waals surface area (Å²) >= 11 is 6.02. The molecule has 19 heavy (non-hydrogen) atoms. The Morgan fingerprint density at radius 3 is 2.74 bits per heavy atom. The maximum absolute atomic E-state index is 11.4. The number of piperidine rings is 1. The molecule has 102 valence electrons. The highest BCUT2D eigenvalue weighted by Crippen LogP contribution is 2.27. The Morgan fingerprint density at radius 2 is 2.11 bits per heavy atom. The van der Waals surface area contributed by atoms with Crippen molar-refractivity contribution in [1.29, 1.82) is 0 Å². The van der Waals surface area contributed by atoms with Crippen molar-refractivity contribution in [2.24, 2.45) is 5.92 Å². The first-order valence-electron chi connectivity index (χ1n) is 6.26. The molecule has 4 nitrogen and oxygen atoms in total. The Bertz CT molecular complexity index is 515. The van der Waals surface area contributed by atoms with Crippen LogP contribution in [-0.4, -0.2) is 29.9 Å². The molecule has 1 unspecified atom stereocenters. The lowest BCUT2D eigenvalue weighted by Gasteiger charge is -2.32. The fourth-order valence-electron chi connectivity index (χ4n) is 2.37. The van der Waals surface area contributed by atoms with Gasteiger partial charge in [0.15, 0.2) is 5.78 Å². The number of hydrogen-bond acceptors (Lipinski definition) is 3. The number of hydrogen-bond donors (Lipinski definition) is 1. The van der Waals surface area contributed by atoms with E-state index >= 15 is 0 Å². The molecule has 0 amide bonds. The van der Waals surface area contributed by atoms with Gasteiger partial charge in [-0.15, -0.1) is 0 Å². The monoisotopic (exact) mass is 281 g/mol. The van der Waals surface area contributed by atoms with Crippen molar-refractivity contribution in [3.05, 3.63) is 28.8 Å². The number of carboxylic acid groups (broad SMARTS) is 1. The summed E-state index contributed by atoms with van der Waals surface area (Å²) < 4.78 is 0. The largest absolute Gasteiger partial charge is 0.481 e. The van der Waals surface area contributed by atoms with Crippen molar-refractivity contribution in [3.8, 4) is 0 Å². The third-order valence-corrected chi connectivity index (χ3v) is 3.64. The van der Waals surface area contributed by atoms with Crippen LogP contribution in [0.3, 0.4) is 0 Å². The molecule has 0 radical (unpaired) electrons. The Kier molecular flexibility index (Phi) is 4.10. The Labute approximate surface area is 117 Å². The lowest BCUT2D eigenvalue weighted by atomic mass is 9.97. The molecule has 1 fully saturated rings. The van der Waals surface area contributed by atoms with Gasteiger partial charge >= 0.3 is 5.97 Å². The van der Waals surface area contributed by atoms with Gasteiger partial charge in [0.1, 0.15) is 0 Å². The molecule has 5 heteroatoms. The van der Waals surface area contributed by atoms with E-state index in [1.807, 2.05) is 4.90 Å². The number of aliphatic carboxylic acids is 1. The molecule has 1 N–H and O–H groups in total. The fraction of sp³-hybridized carbons (Fsp3) is 0.429. The second-order valence-electron chi connectivity index (χ2n) is 4.88. The lowest BCUT2D eigenvalue weighted by Crippen LogP contribution is -2.38. The molecule has 1 heterocycles. The Balaban J connectivity index is 2.26. The molecule has 0 bridgehead atoms. The third-order valence-electron chi connectivity index (χ3n) is 3.42. The standard InChI is InChI=1S/C14H16ClNO3/c1-9(17)11-5-12(15)7-13(6-11)16-4-2-3-10(8-16)14(18)19/h5-7,10H,2-4,8H2,1H3,(H,18,19). The quantitative estimate of drug-likeness (QED) is 0.866. The van der Waals surface area contributed by atoms with Gasteiger partial charge in [0.2, 0.25) is 0 Å². The molecular weight excluding hydrogens is 266 g/mol. The summed E-state index contributed by atoms with van der Waals surface area (Å²) in [5.74, 6) is -1.16. The van der Waals surface area contributed by atoms with Crippen molar-refractivity contribution in [2.75, 3.05) is 18.0 Å². The Hall–Kier alpha value is -1.55. The van der Waals surface area contributed by atoms with Crippen molar-refractivity contribution >= 4 is 29.0 Å². The average molecular weight is 282 g/mol. The number of nitrogens with zero attached hydrogens (tertiary/aromatic N) is 1. The summed E-state index contributed by atoms with van der Waals surface area (Å²) in [7, 11) is 0. The van der Waals surface area contributed by atoms with Gasteiger partial charge in [-0.2, -0.15) is 0 Å². The molecule has 1 aliphatic rings. The van der Waals surface area contributed by atoms with Gasteiger partial charge in [-0.05, 0) is 38.0 Å². The smallest absolute Gasteiger partial charge is 0.308 e. The summed E-state index contributed by atoms with van der Waals surface area (Å²) in [5, 5.41) is 9.59. The molecule has 1 aliphatic heterocycles. The van der Waals surface area contributed by atoms with Gasteiger partial charge in [0.05, 0.1) is 5.92 Å². The van der Waals surface area contributed by atoms with Crippen molar-refractivity contribution in [3.63, 3.8) is 0 Å². The predicted molar refractivity (Wildman–Crippen MR) is 74.0 cm³/mol. The molecule has 1 saturated heterocycles. The number of carbonyl (C=O) groups is 2.